The first-order chi connectivity index (χ1) is 9.90. The Labute approximate surface area is 129 Å². The monoisotopic (exact) mass is 303 g/mol. The fraction of sp³-hybridized carbons (Fsp3) is 0.235. The summed E-state index contributed by atoms with van der Waals surface area (Å²) in [5, 5.41) is 10.5. The van der Waals surface area contributed by atoms with Crippen LogP contribution in [0.2, 0.25) is 5.02 Å². The van der Waals surface area contributed by atoms with Crippen LogP contribution in [0.1, 0.15) is 34.5 Å². The molecule has 0 aliphatic heterocycles. The van der Waals surface area contributed by atoms with E-state index in [2.05, 4.69) is 0 Å². The van der Waals surface area contributed by atoms with Crippen molar-refractivity contribution in [2.24, 2.45) is 0 Å². The molecule has 0 saturated carbocycles. The maximum atomic E-state index is 12.6. The number of carbonyl (C=O) groups is 1. The third kappa shape index (κ3) is 3.37. The van der Waals surface area contributed by atoms with E-state index in [0.717, 1.165) is 5.56 Å². The van der Waals surface area contributed by atoms with Crippen LogP contribution in [0.15, 0.2) is 42.5 Å². The topological polar surface area (TPSA) is 40.5 Å². The molecule has 1 unspecified atom stereocenters. The van der Waals surface area contributed by atoms with Gasteiger partial charge in [-0.3, -0.25) is 4.79 Å². The highest BCUT2D eigenvalue weighted by atomic mass is 35.5. The summed E-state index contributed by atoms with van der Waals surface area (Å²) >= 11 is 6.01. The van der Waals surface area contributed by atoms with E-state index in [4.69, 9.17) is 11.6 Å². The van der Waals surface area contributed by atoms with Gasteiger partial charge >= 0.3 is 0 Å². The van der Waals surface area contributed by atoms with Crippen molar-refractivity contribution in [3.8, 4) is 5.75 Å². The number of hydrogen-bond acceptors (Lipinski definition) is 2. The molecular formula is C17H18ClNO2. The van der Waals surface area contributed by atoms with Crippen molar-refractivity contribution in [2.45, 2.75) is 19.9 Å². The summed E-state index contributed by atoms with van der Waals surface area (Å²) in [6.45, 7) is 3.78. The van der Waals surface area contributed by atoms with E-state index < -0.39 is 0 Å². The third-order valence-corrected chi connectivity index (χ3v) is 3.80. The molecule has 1 N–H and O–H groups in total. The van der Waals surface area contributed by atoms with Crippen molar-refractivity contribution < 1.29 is 9.90 Å². The summed E-state index contributed by atoms with van der Waals surface area (Å²) in [4.78, 5) is 14.2. The number of aromatic hydroxyl groups is 1. The number of amides is 1. The highest BCUT2D eigenvalue weighted by Crippen LogP contribution is 2.28. The van der Waals surface area contributed by atoms with Gasteiger partial charge in [0.15, 0.2) is 0 Å². The van der Waals surface area contributed by atoms with Gasteiger partial charge in [0.05, 0.1) is 6.04 Å². The summed E-state index contributed by atoms with van der Waals surface area (Å²) in [7, 11) is 1.72. The zero-order valence-corrected chi connectivity index (χ0v) is 13.1. The summed E-state index contributed by atoms with van der Waals surface area (Å²) in [6, 6.07) is 12.1. The van der Waals surface area contributed by atoms with Gasteiger partial charge < -0.3 is 10.0 Å². The molecule has 1 atom stereocenters. The number of nitrogens with zero attached hydrogens (tertiary/aromatic N) is 1. The third-order valence-electron chi connectivity index (χ3n) is 3.58. The van der Waals surface area contributed by atoms with Crippen molar-refractivity contribution in [3.05, 3.63) is 64.2 Å². The van der Waals surface area contributed by atoms with Crippen LogP contribution in [0.25, 0.3) is 0 Å². The van der Waals surface area contributed by atoms with Crippen LogP contribution < -0.4 is 0 Å². The summed E-state index contributed by atoms with van der Waals surface area (Å²) in [5.74, 6) is 0.0586. The number of para-hydroxylation sites is 1. The highest BCUT2D eigenvalue weighted by Gasteiger charge is 2.21. The Hall–Kier alpha value is -2.00. The van der Waals surface area contributed by atoms with Gasteiger partial charge in [-0.25, -0.2) is 0 Å². The SMILES string of the molecule is Cc1cc(Cl)cc(C(=O)N(C)C(C)c2ccccc2O)c1. The molecular weight excluding hydrogens is 286 g/mol. The van der Waals surface area contributed by atoms with Gasteiger partial charge in [-0.15, -0.1) is 0 Å². The molecule has 0 spiro atoms. The van der Waals surface area contributed by atoms with Crippen LogP contribution in [0.4, 0.5) is 0 Å². The van der Waals surface area contributed by atoms with E-state index in [-0.39, 0.29) is 17.7 Å². The molecule has 0 aliphatic rings. The van der Waals surface area contributed by atoms with Crippen molar-refractivity contribution in [1.82, 2.24) is 4.90 Å². The van der Waals surface area contributed by atoms with Crippen molar-refractivity contribution >= 4 is 17.5 Å². The molecule has 0 heterocycles. The number of phenols is 1. The van der Waals surface area contributed by atoms with Crippen LogP contribution in [0, 0.1) is 6.92 Å². The molecule has 0 aromatic heterocycles. The van der Waals surface area contributed by atoms with Crippen LogP contribution >= 0.6 is 11.6 Å². The Morgan fingerprint density at radius 3 is 2.52 bits per heavy atom. The van der Waals surface area contributed by atoms with Gasteiger partial charge in [0.1, 0.15) is 5.75 Å². The molecule has 0 fully saturated rings. The first-order valence-corrected chi connectivity index (χ1v) is 7.10. The first-order valence-electron chi connectivity index (χ1n) is 6.72. The predicted molar refractivity (Wildman–Crippen MR) is 84.8 cm³/mol. The van der Waals surface area contributed by atoms with E-state index in [9.17, 15) is 9.90 Å². The molecule has 3 nitrogen and oxygen atoms in total. The molecule has 2 aromatic carbocycles. The normalized spacial score (nSPS) is 12.0. The summed E-state index contributed by atoms with van der Waals surface area (Å²) in [5.41, 5.74) is 2.20. The molecule has 2 rings (SSSR count). The van der Waals surface area contributed by atoms with E-state index in [1.54, 1.807) is 30.1 Å². The first kappa shape index (κ1) is 15.4. The lowest BCUT2D eigenvalue weighted by Crippen LogP contribution is -2.29. The minimum atomic E-state index is -0.238. The standard InChI is InChI=1S/C17H18ClNO2/c1-11-8-13(10-14(18)9-11)17(21)19(3)12(2)15-6-4-5-7-16(15)20/h4-10,12,20H,1-3H3. The lowest BCUT2D eigenvalue weighted by molar-refractivity contribution is 0.0741. The number of carbonyl (C=O) groups excluding carboxylic acids is 1. The number of halogens is 1. The zero-order chi connectivity index (χ0) is 15.6. The van der Waals surface area contributed by atoms with Gasteiger partial charge in [-0.2, -0.15) is 0 Å². The Kier molecular flexibility index (Phi) is 4.53. The van der Waals surface area contributed by atoms with Crippen molar-refractivity contribution in [2.75, 3.05) is 7.05 Å². The fourth-order valence-electron chi connectivity index (χ4n) is 2.29. The average Bonchev–Trinajstić information content (AvgIpc) is 2.44. The Morgan fingerprint density at radius 1 is 1.24 bits per heavy atom. The minimum Gasteiger partial charge on any atom is -0.508 e. The van der Waals surface area contributed by atoms with E-state index in [0.29, 0.717) is 16.1 Å². The molecule has 21 heavy (non-hydrogen) atoms. The molecule has 1 amide bonds. The maximum absolute atomic E-state index is 12.6. The zero-order valence-electron chi connectivity index (χ0n) is 12.3. The number of rotatable bonds is 3. The average molecular weight is 304 g/mol. The Bertz CT molecular complexity index is 649. The van der Waals surface area contributed by atoms with Gasteiger partial charge in [-0.05, 0) is 43.7 Å². The van der Waals surface area contributed by atoms with E-state index in [1.165, 1.54) is 0 Å². The number of benzene rings is 2. The van der Waals surface area contributed by atoms with Gasteiger partial charge in [0, 0.05) is 23.2 Å². The maximum Gasteiger partial charge on any atom is 0.254 e. The molecule has 0 radical (unpaired) electrons. The second-order valence-electron chi connectivity index (χ2n) is 5.17. The highest BCUT2D eigenvalue weighted by molar-refractivity contribution is 6.31. The minimum absolute atomic E-state index is 0.128. The van der Waals surface area contributed by atoms with E-state index in [1.807, 2.05) is 38.1 Å². The molecule has 110 valence electrons. The van der Waals surface area contributed by atoms with Crippen molar-refractivity contribution in [3.63, 3.8) is 0 Å². The number of phenolic OH excluding ortho intramolecular Hbond substituents is 1. The van der Waals surface area contributed by atoms with Gasteiger partial charge in [-0.1, -0.05) is 29.8 Å². The number of hydrogen-bond donors (Lipinski definition) is 1. The van der Waals surface area contributed by atoms with Crippen LogP contribution in [0.5, 0.6) is 5.75 Å². The Balaban J connectivity index is 2.28. The molecule has 2 aromatic rings. The molecule has 0 saturated heterocycles. The molecule has 0 bridgehead atoms. The van der Waals surface area contributed by atoms with E-state index >= 15 is 0 Å². The summed E-state index contributed by atoms with van der Waals surface area (Å²) < 4.78 is 0. The second kappa shape index (κ2) is 6.19. The smallest absolute Gasteiger partial charge is 0.254 e. The van der Waals surface area contributed by atoms with Gasteiger partial charge in [0.2, 0.25) is 0 Å². The number of aryl methyl sites for hydroxylation is 1. The van der Waals surface area contributed by atoms with Crippen LogP contribution in [-0.2, 0) is 0 Å². The van der Waals surface area contributed by atoms with Crippen LogP contribution in [0.3, 0.4) is 0 Å². The largest absolute Gasteiger partial charge is 0.508 e. The molecule has 0 aliphatic carbocycles. The molecule has 4 heteroatoms. The van der Waals surface area contributed by atoms with Crippen LogP contribution in [-0.4, -0.2) is 23.0 Å². The summed E-state index contributed by atoms with van der Waals surface area (Å²) in [6.07, 6.45) is 0. The fourth-order valence-corrected chi connectivity index (χ4v) is 2.58. The lowest BCUT2D eigenvalue weighted by Gasteiger charge is -2.26. The Morgan fingerprint density at radius 2 is 1.90 bits per heavy atom. The van der Waals surface area contributed by atoms with Gasteiger partial charge in [0.25, 0.3) is 5.91 Å². The second-order valence-corrected chi connectivity index (χ2v) is 5.60. The quantitative estimate of drug-likeness (QED) is 0.923. The lowest BCUT2D eigenvalue weighted by atomic mass is 10.0. The van der Waals surface area contributed by atoms with Crippen molar-refractivity contribution in [1.29, 1.82) is 0 Å². The predicted octanol–water partition coefficient (Wildman–Crippen LogP) is 4.19.